The van der Waals surface area contributed by atoms with Gasteiger partial charge in [0, 0.05) is 11.3 Å². The number of carbonyl (C=O) groups is 1. The highest BCUT2D eigenvalue weighted by atomic mass is 32.1. The van der Waals surface area contributed by atoms with Crippen molar-refractivity contribution in [1.29, 1.82) is 0 Å². The first-order valence-electron chi connectivity index (χ1n) is 7.72. The van der Waals surface area contributed by atoms with Crippen LogP contribution in [0.5, 0.6) is 0 Å². The second kappa shape index (κ2) is 5.32. The van der Waals surface area contributed by atoms with Crippen LogP contribution in [0.15, 0.2) is 0 Å². The summed E-state index contributed by atoms with van der Waals surface area (Å²) in [4.78, 5) is 12.3. The Labute approximate surface area is 129 Å². The van der Waals surface area contributed by atoms with Gasteiger partial charge in [0.25, 0.3) is 0 Å². The molecule has 21 heavy (non-hydrogen) atoms. The number of piperidine rings is 1. The van der Waals surface area contributed by atoms with Crippen LogP contribution >= 0.6 is 11.3 Å². The Morgan fingerprint density at radius 3 is 2.71 bits per heavy atom. The third-order valence-corrected chi connectivity index (χ3v) is 5.98. The second-order valence-corrected chi connectivity index (χ2v) is 8.40. The molecule has 1 saturated carbocycles. The highest BCUT2D eigenvalue weighted by molar-refractivity contribution is 7.11. The van der Waals surface area contributed by atoms with Gasteiger partial charge in [-0.2, -0.15) is 0 Å². The molecule has 0 bridgehead atoms. The van der Waals surface area contributed by atoms with E-state index in [1.165, 1.54) is 0 Å². The molecule has 1 aromatic heterocycles. The molecule has 116 valence electrons. The van der Waals surface area contributed by atoms with Gasteiger partial charge in [0.05, 0.1) is 6.54 Å². The molecule has 1 atom stereocenters. The molecule has 2 aliphatic rings. The summed E-state index contributed by atoms with van der Waals surface area (Å²) in [6, 6.07) is 0. The molecule has 5 nitrogen and oxygen atoms in total. The van der Waals surface area contributed by atoms with Crippen molar-refractivity contribution < 1.29 is 4.79 Å². The minimum Gasteiger partial charge on any atom is -0.349 e. The van der Waals surface area contributed by atoms with Gasteiger partial charge in [-0.3, -0.25) is 4.79 Å². The first-order valence-corrected chi connectivity index (χ1v) is 8.54. The van der Waals surface area contributed by atoms with Gasteiger partial charge < -0.3 is 10.6 Å². The fraction of sp³-hybridized carbons (Fsp3) is 0.800. The van der Waals surface area contributed by atoms with Crippen molar-refractivity contribution in [3.8, 4) is 0 Å². The molecule has 2 N–H and O–H groups in total. The van der Waals surface area contributed by atoms with E-state index in [-0.39, 0.29) is 17.2 Å². The minimum absolute atomic E-state index is 0.0234. The van der Waals surface area contributed by atoms with Crippen LogP contribution in [0.2, 0.25) is 0 Å². The molecule has 0 radical (unpaired) electrons. The highest BCUT2D eigenvalue weighted by Crippen LogP contribution is 2.58. The van der Waals surface area contributed by atoms with Gasteiger partial charge in [-0.05, 0) is 37.8 Å². The van der Waals surface area contributed by atoms with Crippen LogP contribution in [-0.4, -0.2) is 29.2 Å². The first-order chi connectivity index (χ1) is 9.91. The van der Waals surface area contributed by atoms with Crippen molar-refractivity contribution in [3.05, 3.63) is 10.0 Å². The van der Waals surface area contributed by atoms with Gasteiger partial charge >= 0.3 is 0 Å². The number of amides is 1. The highest BCUT2D eigenvalue weighted by Gasteiger charge is 2.57. The molecule has 1 aliphatic heterocycles. The first kappa shape index (κ1) is 14.9. The molecule has 1 amide bonds. The predicted molar refractivity (Wildman–Crippen MR) is 83.1 cm³/mol. The van der Waals surface area contributed by atoms with Gasteiger partial charge in [0.1, 0.15) is 10.0 Å². The van der Waals surface area contributed by atoms with E-state index >= 15 is 0 Å². The van der Waals surface area contributed by atoms with E-state index in [2.05, 4.69) is 41.6 Å². The Kier molecular flexibility index (Phi) is 3.78. The molecule has 3 rings (SSSR count). The van der Waals surface area contributed by atoms with Crippen molar-refractivity contribution in [1.82, 2.24) is 20.8 Å². The molecule has 2 heterocycles. The summed E-state index contributed by atoms with van der Waals surface area (Å²) < 4.78 is 0. The minimum atomic E-state index is 0.0234. The Morgan fingerprint density at radius 2 is 2.10 bits per heavy atom. The van der Waals surface area contributed by atoms with Crippen LogP contribution in [0.25, 0.3) is 0 Å². The maximum Gasteiger partial charge on any atom is 0.224 e. The lowest BCUT2D eigenvalue weighted by atomic mass is 9.92. The van der Waals surface area contributed by atoms with Crippen LogP contribution in [-0.2, 0) is 16.8 Å². The van der Waals surface area contributed by atoms with Crippen molar-refractivity contribution in [3.63, 3.8) is 0 Å². The van der Waals surface area contributed by atoms with Gasteiger partial charge in [0.2, 0.25) is 5.91 Å². The van der Waals surface area contributed by atoms with Gasteiger partial charge in [0.15, 0.2) is 0 Å². The summed E-state index contributed by atoms with van der Waals surface area (Å²) >= 11 is 1.59. The van der Waals surface area contributed by atoms with E-state index in [9.17, 15) is 4.79 Å². The summed E-state index contributed by atoms with van der Waals surface area (Å²) in [6.45, 7) is 8.99. The van der Waals surface area contributed by atoms with Crippen LogP contribution in [0.3, 0.4) is 0 Å². The van der Waals surface area contributed by atoms with Crippen LogP contribution < -0.4 is 10.6 Å². The molecule has 1 aromatic rings. The third-order valence-electron chi connectivity index (χ3n) is 4.63. The number of rotatable bonds is 3. The molecule has 6 heteroatoms. The largest absolute Gasteiger partial charge is 0.349 e. The maximum absolute atomic E-state index is 12.3. The van der Waals surface area contributed by atoms with Crippen LogP contribution in [0.1, 0.15) is 50.0 Å². The number of aromatic nitrogens is 2. The molecule has 2 fully saturated rings. The summed E-state index contributed by atoms with van der Waals surface area (Å²) in [5, 5.41) is 16.7. The zero-order valence-corrected chi connectivity index (χ0v) is 13.8. The van der Waals surface area contributed by atoms with Crippen molar-refractivity contribution >= 4 is 17.2 Å². The molecule has 1 aliphatic carbocycles. The zero-order chi connectivity index (χ0) is 15.1. The molecular weight excluding hydrogens is 284 g/mol. The van der Waals surface area contributed by atoms with E-state index in [1.807, 2.05) is 0 Å². The summed E-state index contributed by atoms with van der Waals surface area (Å²) in [7, 11) is 0. The topological polar surface area (TPSA) is 66.9 Å². The summed E-state index contributed by atoms with van der Waals surface area (Å²) in [5.74, 6) is 0.416. The smallest absolute Gasteiger partial charge is 0.224 e. The van der Waals surface area contributed by atoms with E-state index in [4.69, 9.17) is 0 Å². The van der Waals surface area contributed by atoms with E-state index in [0.717, 1.165) is 42.4 Å². The summed E-state index contributed by atoms with van der Waals surface area (Å²) in [5.41, 5.74) is 0.322. The average molecular weight is 308 g/mol. The van der Waals surface area contributed by atoms with E-state index in [1.54, 1.807) is 11.3 Å². The normalized spacial score (nSPS) is 24.0. The maximum atomic E-state index is 12.3. The lowest BCUT2D eigenvalue weighted by Crippen LogP contribution is -2.33. The third kappa shape index (κ3) is 3.11. The van der Waals surface area contributed by atoms with Crippen molar-refractivity contribution in [2.45, 2.75) is 52.0 Å². The Hall–Kier alpha value is -1.01. The van der Waals surface area contributed by atoms with Gasteiger partial charge in [-0.25, -0.2) is 0 Å². The average Bonchev–Trinajstić information content (AvgIpc) is 2.91. The fourth-order valence-corrected chi connectivity index (χ4v) is 3.95. The van der Waals surface area contributed by atoms with Gasteiger partial charge in [-0.1, -0.05) is 32.1 Å². The predicted octanol–water partition coefficient (Wildman–Crippen LogP) is 1.84. The second-order valence-electron chi connectivity index (χ2n) is 7.34. The zero-order valence-electron chi connectivity index (χ0n) is 13.0. The lowest BCUT2D eigenvalue weighted by Gasteiger charge is -2.23. The van der Waals surface area contributed by atoms with Crippen LogP contribution in [0, 0.1) is 11.3 Å². The number of nitrogens with one attached hydrogen (secondary N) is 2. The number of carbonyl (C=O) groups excluding carboxylic acids is 1. The monoisotopic (exact) mass is 308 g/mol. The number of nitrogens with zero attached hydrogens (tertiary/aromatic N) is 2. The van der Waals surface area contributed by atoms with Crippen molar-refractivity contribution in [2.75, 3.05) is 13.1 Å². The van der Waals surface area contributed by atoms with E-state index < -0.39 is 0 Å². The Morgan fingerprint density at radius 1 is 1.38 bits per heavy atom. The standard InChI is InChI=1S/C15H24N4OS/c1-14(2,3)13-19-18-11(21-13)9-17-12(20)10-8-15(10)4-6-16-7-5-15/h10,16H,4-9H2,1-3H3,(H,17,20). The molecule has 1 unspecified atom stereocenters. The van der Waals surface area contributed by atoms with Crippen molar-refractivity contribution in [2.24, 2.45) is 11.3 Å². The number of hydrogen-bond donors (Lipinski definition) is 2. The van der Waals surface area contributed by atoms with E-state index in [0.29, 0.717) is 12.0 Å². The Balaban J connectivity index is 1.52. The molecule has 1 spiro atoms. The fourth-order valence-electron chi connectivity index (χ4n) is 3.11. The molecule has 1 saturated heterocycles. The molecular formula is C15H24N4OS. The SMILES string of the molecule is CC(C)(C)c1nnc(CNC(=O)C2CC23CCNCC3)s1. The Bertz CT molecular complexity index is 528. The van der Waals surface area contributed by atoms with Crippen LogP contribution in [0.4, 0.5) is 0 Å². The summed E-state index contributed by atoms with van der Waals surface area (Å²) in [6.07, 6.45) is 3.33. The lowest BCUT2D eigenvalue weighted by molar-refractivity contribution is -0.123. The molecule has 0 aromatic carbocycles. The van der Waals surface area contributed by atoms with Gasteiger partial charge in [-0.15, -0.1) is 10.2 Å². The number of hydrogen-bond acceptors (Lipinski definition) is 5. The quantitative estimate of drug-likeness (QED) is 0.894.